The number of nitrogens with zero attached hydrogens (tertiary/aromatic N) is 2. The van der Waals surface area contributed by atoms with Crippen LogP contribution in [-0.2, 0) is 6.54 Å². The van der Waals surface area contributed by atoms with Crippen molar-refractivity contribution in [2.75, 3.05) is 32.1 Å². The average molecular weight is 344 g/mol. The number of ether oxygens (including phenoxy) is 1. The summed E-state index contributed by atoms with van der Waals surface area (Å²) < 4.78 is 5.44. The zero-order chi connectivity index (χ0) is 18.1. The third-order valence-electron chi connectivity index (χ3n) is 3.41. The Labute approximate surface area is 147 Å². The van der Waals surface area contributed by atoms with Crippen LogP contribution in [0.4, 0.5) is 10.6 Å². The number of carbonyl (C=O) groups is 1. The summed E-state index contributed by atoms with van der Waals surface area (Å²) in [5.41, 5.74) is 0.913. The molecule has 2 rings (SSSR count). The number of carbonyl (C=O) groups excluding carboxylic acids is 1. The van der Waals surface area contributed by atoms with Gasteiger partial charge in [-0.1, -0.05) is 24.3 Å². The van der Waals surface area contributed by atoms with Gasteiger partial charge in [-0.25, -0.2) is 9.78 Å². The number of hydrogen-bond donors (Lipinski definition) is 3. The van der Waals surface area contributed by atoms with Gasteiger partial charge in [-0.15, -0.1) is 0 Å². The van der Waals surface area contributed by atoms with Crippen molar-refractivity contribution in [1.29, 1.82) is 0 Å². The Balaban J connectivity index is 1.70. The molecule has 0 aliphatic rings. The first-order valence-corrected chi connectivity index (χ1v) is 8.05. The van der Waals surface area contributed by atoms with Crippen LogP contribution < -0.4 is 20.3 Å². The number of hydrogen-bond acceptors (Lipinski definition) is 5. The molecule has 2 amide bonds. The molecule has 1 heterocycles. The molecule has 0 saturated carbocycles. The second kappa shape index (κ2) is 9.48. The van der Waals surface area contributed by atoms with Crippen molar-refractivity contribution in [2.24, 2.45) is 0 Å². The van der Waals surface area contributed by atoms with E-state index in [-0.39, 0.29) is 19.2 Å². The highest BCUT2D eigenvalue weighted by Crippen LogP contribution is 2.13. The molecule has 25 heavy (non-hydrogen) atoms. The smallest absolute Gasteiger partial charge is 0.315 e. The van der Waals surface area contributed by atoms with E-state index in [1.165, 1.54) is 0 Å². The van der Waals surface area contributed by atoms with E-state index in [0.29, 0.717) is 12.3 Å². The first-order chi connectivity index (χ1) is 12.1. The summed E-state index contributed by atoms with van der Waals surface area (Å²) in [5, 5.41) is 15.3. The zero-order valence-corrected chi connectivity index (χ0v) is 14.5. The zero-order valence-electron chi connectivity index (χ0n) is 14.5. The molecule has 2 aromatic rings. The van der Waals surface area contributed by atoms with Gasteiger partial charge in [-0.3, -0.25) is 0 Å². The molecule has 1 atom stereocenters. The maximum atomic E-state index is 11.9. The minimum Gasteiger partial charge on any atom is -0.491 e. The average Bonchev–Trinajstić information content (AvgIpc) is 2.64. The molecular formula is C18H24N4O3. The highest BCUT2D eigenvalue weighted by molar-refractivity contribution is 5.74. The lowest BCUT2D eigenvalue weighted by atomic mass is 10.2. The molecule has 1 aromatic heterocycles. The predicted octanol–water partition coefficient (Wildman–Crippen LogP) is 1.39. The van der Waals surface area contributed by atoms with Crippen LogP contribution >= 0.6 is 0 Å². The highest BCUT2D eigenvalue weighted by atomic mass is 16.5. The van der Waals surface area contributed by atoms with Crippen LogP contribution in [0.25, 0.3) is 0 Å². The van der Waals surface area contributed by atoms with Crippen LogP contribution in [0, 0.1) is 0 Å². The Morgan fingerprint density at radius 2 is 1.96 bits per heavy atom. The van der Waals surface area contributed by atoms with E-state index in [9.17, 15) is 9.90 Å². The van der Waals surface area contributed by atoms with Crippen molar-refractivity contribution < 1.29 is 14.6 Å². The Bertz CT molecular complexity index is 664. The number of rotatable bonds is 8. The number of para-hydroxylation sites is 1. The van der Waals surface area contributed by atoms with Gasteiger partial charge in [0.2, 0.25) is 0 Å². The minimum atomic E-state index is -0.790. The molecule has 134 valence electrons. The van der Waals surface area contributed by atoms with E-state index in [1.807, 2.05) is 61.5 Å². The number of urea groups is 1. The lowest BCUT2D eigenvalue weighted by molar-refractivity contribution is 0.108. The van der Waals surface area contributed by atoms with Gasteiger partial charge >= 0.3 is 6.03 Å². The van der Waals surface area contributed by atoms with Gasteiger partial charge in [0, 0.05) is 38.9 Å². The van der Waals surface area contributed by atoms with E-state index in [0.717, 1.165) is 11.4 Å². The Kier molecular flexibility index (Phi) is 7.03. The molecular weight excluding hydrogens is 320 g/mol. The minimum absolute atomic E-state index is 0.103. The first kappa shape index (κ1) is 18.5. The predicted molar refractivity (Wildman–Crippen MR) is 96.7 cm³/mol. The summed E-state index contributed by atoms with van der Waals surface area (Å²) in [4.78, 5) is 18.0. The third-order valence-corrected chi connectivity index (χ3v) is 3.41. The topological polar surface area (TPSA) is 86.7 Å². The number of anilines is 1. The number of aromatic nitrogens is 1. The molecule has 7 heteroatoms. The van der Waals surface area contributed by atoms with Crippen molar-refractivity contribution in [1.82, 2.24) is 15.6 Å². The second-order valence-electron chi connectivity index (χ2n) is 5.72. The molecule has 0 aliphatic heterocycles. The molecule has 0 saturated heterocycles. The van der Waals surface area contributed by atoms with Crippen molar-refractivity contribution in [3.8, 4) is 5.75 Å². The Morgan fingerprint density at radius 1 is 1.20 bits per heavy atom. The van der Waals surface area contributed by atoms with Crippen LogP contribution in [0.15, 0.2) is 48.7 Å². The molecule has 3 N–H and O–H groups in total. The molecule has 0 bridgehead atoms. The monoisotopic (exact) mass is 344 g/mol. The van der Waals surface area contributed by atoms with Gasteiger partial charge in [0.1, 0.15) is 24.3 Å². The lowest BCUT2D eigenvalue weighted by Gasteiger charge is -2.17. The largest absolute Gasteiger partial charge is 0.491 e. The first-order valence-electron chi connectivity index (χ1n) is 8.05. The third kappa shape index (κ3) is 6.31. The van der Waals surface area contributed by atoms with Crippen LogP contribution in [0.2, 0.25) is 0 Å². The van der Waals surface area contributed by atoms with Crippen molar-refractivity contribution in [3.63, 3.8) is 0 Å². The summed E-state index contributed by atoms with van der Waals surface area (Å²) in [6.07, 6.45) is 0.920. The quantitative estimate of drug-likeness (QED) is 0.674. The fourth-order valence-corrected chi connectivity index (χ4v) is 2.19. The maximum absolute atomic E-state index is 11.9. The number of amides is 2. The molecule has 0 unspecified atom stereocenters. The van der Waals surface area contributed by atoms with E-state index in [4.69, 9.17) is 4.74 Å². The second-order valence-corrected chi connectivity index (χ2v) is 5.72. The number of nitrogens with one attached hydrogen (secondary N) is 2. The fourth-order valence-electron chi connectivity index (χ4n) is 2.19. The SMILES string of the molecule is CN(C)c1ncccc1CNC(=O)NC[C@H](O)COc1ccccc1. The van der Waals surface area contributed by atoms with Crippen LogP contribution in [0.3, 0.4) is 0 Å². The van der Waals surface area contributed by atoms with Gasteiger partial charge in [0.05, 0.1) is 0 Å². The van der Waals surface area contributed by atoms with E-state index >= 15 is 0 Å². The number of aliphatic hydroxyl groups excluding tert-OH is 1. The van der Waals surface area contributed by atoms with Gasteiger partial charge in [0.25, 0.3) is 0 Å². The van der Waals surface area contributed by atoms with E-state index in [1.54, 1.807) is 6.20 Å². The Morgan fingerprint density at radius 3 is 2.68 bits per heavy atom. The normalized spacial score (nSPS) is 11.5. The molecule has 0 radical (unpaired) electrons. The molecule has 0 fully saturated rings. The summed E-state index contributed by atoms with van der Waals surface area (Å²) in [6, 6.07) is 12.6. The van der Waals surface area contributed by atoms with Crippen molar-refractivity contribution in [2.45, 2.75) is 12.6 Å². The number of benzene rings is 1. The maximum Gasteiger partial charge on any atom is 0.315 e. The van der Waals surface area contributed by atoms with E-state index < -0.39 is 6.10 Å². The summed E-state index contributed by atoms with van der Waals surface area (Å²) >= 11 is 0. The summed E-state index contributed by atoms with van der Waals surface area (Å²) in [7, 11) is 3.80. The molecule has 7 nitrogen and oxygen atoms in total. The van der Waals surface area contributed by atoms with Crippen molar-refractivity contribution >= 4 is 11.8 Å². The van der Waals surface area contributed by atoms with Gasteiger partial charge in [0.15, 0.2) is 0 Å². The standard InChI is InChI=1S/C18H24N4O3/c1-22(2)17-14(7-6-10-19-17)11-20-18(24)21-12-15(23)13-25-16-8-4-3-5-9-16/h3-10,15,23H,11-13H2,1-2H3,(H2,20,21,24)/t15-/m0/s1. The highest BCUT2D eigenvalue weighted by Gasteiger charge is 2.10. The van der Waals surface area contributed by atoms with Gasteiger partial charge in [-0.05, 0) is 18.2 Å². The Hall–Kier alpha value is -2.80. The van der Waals surface area contributed by atoms with Crippen LogP contribution in [0.1, 0.15) is 5.56 Å². The van der Waals surface area contributed by atoms with E-state index in [2.05, 4.69) is 15.6 Å². The van der Waals surface area contributed by atoms with Gasteiger partial charge < -0.3 is 25.4 Å². The number of pyridine rings is 1. The van der Waals surface area contributed by atoms with Crippen LogP contribution in [-0.4, -0.2) is 49.5 Å². The molecule has 0 aliphatic carbocycles. The summed E-state index contributed by atoms with van der Waals surface area (Å²) in [6.45, 7) is 0.563. The van der Waals surface area contributed by atoms with Gasteiger partial charge in [-0.2, -0.15) is 0 Å². The molecule has 0 spiro atoms. The lowest BCUT2D eigenvalue weighted by Crippen LogP contribution is -2.41. The van der Waals surface area contributed by atoms with Crippen molar-refractivity contribution in [3.05, 3.63) is 54.2 Å². The summed E-state index contributed by atoms with van der Waals surface area (Å²) in [5.74, 6) is 1.48. The number of aliphatic hydroxyl groups is 1. The fraction of sp³-hybridized carbons (Fsp3) is 0.333. The van der Waals surface area contributed by atoms with Crippen LogP contribution in [0.5, 0.6) is 5.75 Å². The molecule has 1 aromatic carbocycles.